The van der Waals surface area contributed by atoms with E-state index < -0.39 is 15.9 Å². The zero-order chi connectivity index (χ0) is 14.2. The van der Waals surface area contributed by atoms with Crippen molar-refractivity contribution in [2.45, 2.75) is 4.90 Å². The maximum atomic E-state index is 11.9. The lowest BCUT2D eigenvalue weighted by atomic mass is 10.4. The molecule has 0 saturated heterocycles. The number of carbonyl (C=O) groups excluding carboxylic acids is 1. The van der Waals surface area contributed by atoms with Gasteiger partial charge >= 0.3 is 0 Å². The van der Waals surface area contributed by atoms with Crippen molar-refractivity contribution in [2.24, 2.45) is 12.2 Å². The van der Waals surface area contributed by atoms with Gasteiger partial charge < -0.3 is 5.32 Å². The Balaban J connectivity index is 2.35. The van der Waals surface area contributed by atoms with Gasteiger partial charge in [-0.3, -0.25) is 9.48 Å². The van der Waals surface area contributed by atoms with Crippen LogP contribution >= 0.6 is 22.9 Å². The summed E-state index contributed by atoms with van der Waals surface area (Å²) < 4.78 is 23.9. The van der Waals surface area contributed by atoms with Crippen LogP contribution in [0, 0.1) is 0 Å². The Morgan fingerprint density at radius 1 is 1.58 bits per heavy atom. The van der Waals surface area contributed by atoms with Crippen LogP contribution < -0.4 is 10.5 Å². The summed E-state index contributed by atoms with van der Waals surface area (Å²) in [5, 5.41) is 13.2. The van der Waals surface area contributed by atoms with Crippen molar-refractivity contribution < 1.29 is 13.2 Å². The Labute approximate surface area is 118 Å². The van der Waals surface area contributed by atoms with Crippen molar-refractivity contribution >= 4 is 44.7 Å². The fourth-order valence-electron chi connectivity index (χ4n) is 1.38. The normalized spacial score (nSPS) is 11.5. The van der Waals surface area contributed by atoms with Gasteiger partial charge in [0.1, 0.15) is 9.77 Å². The summed E-state index contributed by atoms with van der Waals surface area (Å²) in [6, 6.07) is 1.57. The maximum Gasteiger partial charge on any atom is 0.268 e. The highest BCUT2D eigenvalue weighted by molar-refractivity contribution is 7.89. The molecule has 0 unspecified atom stereocenters. The number of thiophene rings is 1. The molecule has 0 aliphatic rings. The van der Waals surface area contributed by atoms with E-state index in [4.69, 9.17) is 16.7 Å². The summed E-state index contributed by atoms with van der Waals surface area (Å²) >= 11 is 6.95. The average molecular weight is 321 g/mol. The average Bonchev–Trinajstić information content (AvgIpc) is 2.84. The molecule has 0 saturated carbocycles. The van der Waals surface area contributed by atoms with Gasteiger partial charge in [-0.1, -0.05) is 11.6 Å². The second kappa shape index (κ2) is 4.93. The molecule has 19 heavy (non-hydrogen) atoms. The molecule has 1 amide bonds. The standard InChI is InChI=1S/C9H9ClN4O3S2/c1-14-4-6(19(11,16)17)8(13-14)12-9(15)7-5(10)2-3-18-7/h2-4H,1H3,(H2,11,16,17)(H,12,13,15). The molecule has 2 aromatic rings. The van der Waals surface area contributed by atoms with E-state index in [1.54, 1.807) is 11.4 Å². The van der Waals surface area contributed by atoms with E-state index in [1.807, 2.05) is 0 Å². The van der Waals surface area contributed by atoms with Crippen molar-refractivity contribution in [2.75, 3.05) is 5.32 Å². The molecule has 0 atom stereocenters. The van der Waals surface area contributed by atoms with Crippen molar-refractivity contribution in [3.05, 3.63) is 27.5 Å². The molecule has 0 aliphatic heterocycles. The van der Waals surface area contributed by atoms with Crippen LogP contribution in [0.3, 0.4) is 0 Å². The number of nitrogens with two attached hydrogens (primary N) is 1. The van der Waals surface area contributed by atoms with Crippen molar-refractivity contribution in [1.29, 1.82) is 0 Å². The molecule has 0 fully saturated rings. The zero-order valence-corrected chi connectivity index (χ0v) is 12.0. The summed E-state index contributed by atoms with van der Waals surface area (Å²) in [6.07, 6.45) is 1.21. The molecule has 0 bridgehead atoms. The number of halogens is 1. The van der Waals surface area contributed by atoms with E-state index in [1.165, 1.54) is 17.9 Å². The molecule has 2 rings (SSSR count). The first-order valence-electron chi connectivity index (χ1n) is 4.90. The number of amides is 1. The van der Waals surface area contributed by atoms with Crippen LogP contribution in [0.1, 0.15) is 9.67 Å². The van der Waals surface area contributed by atoms with Crippen molar-refractivity contribution in [3.63, 3.8) is 0 Å². The number of hydrogen-bond acceptors (Lipinski definition) is 5. The van der Waals surface area contributed by atoms with Crippen LogP contribution in [-0.4, -0.2) is 24.1 Å². The van der Waals surface area contributed by atoms with Gasteiger partial charge in [-0.25, -0.2) is 13.6 Å². The highest BCUT2D eigenvalue weighted by atomic mass is 35.5. The van der Waals surface area contributed by atoms with Crippen LogP contribution in [0.15, 0.2) is 22.5 Å². The Kier molecular flexibility index (Phi) is 3.63. The number of primary sulfonamides is 1. The van der Waals surface area contributed by atoms with Crippen LogP contribution in [0.5, 0.6) is 0 Å². The summed E-state index contributed by atoms with van der Waals surface area (Å²) in [5.74, 6) is -0.664. The highest BCUT2D eigenvalue weighted by Gasteiger charge is 2.21. The van der Waals surface area contributed by atoms with Gasteiger partial charge in [-0.15, -0.1) is 11.3 Å². The number of aromatic nitrogens is 2. The molecular formula is C9H9ClN4O3S2. The largest absolute Gasteiger partial charge is 0.303 e. The Morgan fingerprint density at radius 2 is 2.26 bits per heavy atom. The summed E-state index contributed by atoms with van der Waals surface area (Å²) in [5.41, 5.74) is 0. The Bertz CT molecular complexity index is 734. The lowest BCUT2D eigenvalue weighted by Crippen LogP contribution is -2.17. The van der Waals surface area contributed by atoms with Crippen molar-refractivity contribution in [3.8, 4) is 0 Å². The van der Waals surface area contributed by atoms with Gasteiger partial charge in [0.25, 0.3) is 5.91 Å². The second-order valence-electron chi connectivity index (χ2n) is 3.61. The molecule has 102 valence electrons. The van der Waals surface area contributed by atoms with Crippen LogP contribution in [0.2, 0.25) is 5.02 Å². The molecule has 2 heterocycles. The third kappa shape index (κ3) is 2.95. The first-order chi connectivity index (χ1) is 8.79. The lowest BCUT2D eigenvalue weighted by Gasteiger charge is -2.02. The van der Waals surface area contributed by atoms with Crippen LogP contribution in [-0.2, 0) is 17.1 Å². The Hall–Kier alpha value is -1.42. The third-order valence-electron chi connectivity index (χ3n) is 2.16. The molecule has 2 aromatic heterocycles. The number of anilines is 1. The number of sulfonamides is 1. The number of hydrogen-bond donors (Lipinski definition) is 2. The predicted octanol–water partition coefficient (Wildman–Crippen LogP) is 1.03. The monoisotopic (exact) mass is 320 g/mol. The van der Waals surface area contributed by atoms with Gasteiger partial charge in [0.2, 0.25) is 10.0 Å². The molecule has 0 spiro atoms. The SMILES string of the molecule is Cn1cc(S(N)(=O)=O)c(NC(=O)c2sccc2Cl)n1. The van der Waals surface area contributed by atoms with Gasteiger partial charge in [0.15, 0.2) is 5.82 Å². The molecule has 7 nitrogen and oxygen atoms in total. The van der Waals surface area contributed by atoms with Gasteiger partial charge in [-0.05, 0) is 11.4 Å². The van der Waals surface area contributed by atoms with E-state index in [0.717, 1.165) is 11.3 Å². The van der Waals surface area contributed by atoms with E-state index in [0.29, 0.717) is 0 Å². The van der Waals surface area contributed by atoms with Crippen LogP contribution in [0.4, 0.5) is 5.82 Å². The fraction of sp³-hybridized carbons (Fsp3) is 0.111. The minimum Gasteiger partial charge on any atom is -0.303 e. The zero-order valence-electron chi connectivity index (χ0n) is 9.62. The lowest BCUT2D eigenvalue weighted by molar-refractivity contribution is 0.103. The Morgan fingerprint density at radius 3 is 2.79 bits per heavy atom. The van der Waals surface area contributed by atoms with E-state index in [2.05, 4.69) is 10.4 Å². The topological polar surface area (TPSA) is 107 Å². The highest BCUT2D eigenvalue weighted by Crippen LogP contribution is 2.24. The minimum atomic E-state index is -3.96. The summed E-state index contributed by atoms with van der Waals surface area (Å²) in [7, 11) is -2.45. The number of nitrogens with one attached hydrogen (secondary N) is 1. The molecule has 0 radical (unpaired) electrons. The second-order valence-corrected chi connectivity index (χ2v) is 6.47. The van der Waals surface area contributed by atoms with Gasteiger partial charge in [-0.2, -0.15) is 5.10 Å². The maximum absolute atomic E-state index is 11.9. The smallest absolute Gasteiger partial charge is 0.268 e. The number of carbonyl (C=O) groups is 1. The summed E-state index contributed by atoms with van der Waals surface area (Å²) in [6.45, 7) is 0. The van der Waals surface area contributed by atoms with Gasteiger partial charge in [0.05, 0.1) is 5.02 Å². The van der Waals surface area contributed by atoms with Crippen molar-refractivity contribution in [1.82, 2.24) is 9.78 Å². The predicted molar refractivity (Wildman–Crippen MR) is 71.9 cm³/mol. The third-order valence-corrected chi connectivity index (χ3v) is 4.41. The van der Waals surface area contributed by atoms with Gasteiger partial charge in [0, 0.05) is 13.2 Å². The molecule has 0 aromatic carbocycles. The first kappa shape index (κ1) is 14.0. The molecular weight excluding hydrogens is 312 g/mol. The minimum absolute atomic E-state index is 0.125. The fourth-order valence-corrected chi connectivity index (χ4v) is 3.08. The van der Waals surface area contributed by atoms with E-state index in [9.17, 15) is 13.2 Å². The quantitative estimate of drug-likeness (QED) is 0.880. The van der Waals surface area contributed by atoms with E-state index in [-0.39, 0.29) is 20.6 Å². The number of aryl methyl sites for hydroxylation is 1. The molecule has 0 aliphatic carbocycles. The molecule has 3 N–H and O–H groups in total. The first-order valence-corrected chi connectivity index (χ1v) is 7.70. The van der Waals surface area contributed by atoms with Crippen LogP contribution in [0.25, 0.3) is 0 Å². The number of rotatable bonds is 3. The molecule has 10 heteroatoms. The summed E-state index contributed by atoms with van der Waals surface area (Å²) in [4.78, 5) is 11.9. The number of nitrogens with zero attached hydrogens (tertiary/aromatic N) is 2. The van der Waals surface area contributed by atoms with E-state index >= 15 is 0 Å².